The zero-order valence-corrected chi connectivity index (χ0v) is 17.8. The molecule has 0 radical (unpaired) electrons. The summed E-state index contributed by atoms with van der Waals surface area (Å²) in [7, 11) is 9.78. The van der Waals surface area contributed by atoms with Gasteiger partial charge < -0.3 is 5.11 Å². The number of hydrogen-bond acceptors (Lipinski definition) is 2. The number of nitrogens with zero attached hydrogens (tertiary/aromatic N) is 1. The zero-order chi connectivity index (χ0) is 20.8. The first-order valence-corrected chi connectivity index (χ1v) is 11.9. The number of rotatable bonds is 2. The molecule has 0 aliphatic rings. The van der Waals surface area contributed by atoms with Crippen LogP contribution in [0.25, 0.3) is 0 Å². The Morgan fingerprint density at radius 3 is 2.19 bits per heavy atom. The summed E-state index contributed by atoms with van der Waals surface area (Å²) in [6, 6.07) is 7.13. The van der Waals surface area contributed by atoms with Gasteiger partial charge >= 0.3 is 41.8 Å². The van der Waals surface area contributed by atoms with Crippen molar-refractivity contribution in [3.05, 3.63) is 58.9 Å². The van der Waals surface area contributed by atoms with E-state index in [1.807, 2.05) is 20.8 Å². The summed E-state index contributed by atoms with van der Waals surface area (Å²) in [6.07, 6.45) is -3.43. The number of alkyl halides is 3. The van der Waals surface area contributed by atoms with E-state index in [2.05, 4.69) is 4.99 Å². The molecule has 0 aromatic heterocycles. The molecule has 0 spiro atoms. The molecule has 0 heterocycles. The van der Waals surface area contributed by atoms with Gasteiger partial charge in [-0.3, -0.25) is 4.99 Å². The Hall–Kier alpha value is -1.08. The third-order valence-electron chi connectivity index (χ3n) is 3.44. The first kappa shape index (κ1) is 24.0. The van der Waals surface area contributed by atoms with Crippen LogP contribution in [0.2, 0.25) is 0 Å². The molecule has 0 saturated carbocycles. The minimum atomic E-state index is -4.65. The molecule has 9 heteroatoms. The van der Waals surface area contributed by atoms with Gasteiger partial charge in [-0.05, 0) is 35.2 Å². The molecular weight excluding hydrogens is 441 g/mol. The Morgan fingerprint density at radius 1 is 1.07 bits per heavy atom. The normalized spacial score (nSPS) is 11.9. The van der Waals surface area contributed by atoms with Crippen molar-refractivity contribution in [2.24, 2.45) is 4.99 Å². The summed E-state index contributed by atoms with van der Waals surface area (Å²) in [5.74, 6) is -1.02. The monoisotopic (exact) mass is 457 g/mol. The molecule has 2 aromatic carbocycles. The van der Waals surface area contributed by atoms with E-state index in [-0.39, 0.29) is 16.9 Å². The maximum atomic E-state index is 13.4. The SMILES string of the molecule is CC(C)(C)c1cccc(C=Nc2cc(F)cc(C(F)(F)F)c2)c1O.[Cl][Ti][Cl]. The van der Waals surface area contributed by atoms with Gasteiger partial charge in [-0.15, -0.1) is 0 Å². The number of phenolic OH excluding ortho intramolecular Hbond substituents is 1. The molecule has 2 nitrogen and oxygen atoms in total. The molecular formula is C18H17Cl2F4NOTi. The molecule has 0 bridgehead atoms. The zero-order valence-electron chi connectivity index (χ0n) is 14.7. The van der Waals surface area contributed by atoms with Crippen LogP contribution in [-0.4, -0.2) is 11.3 Å². The van der Waals surface area contributed by atoms with Crippen LogP contribution in [-0.2, 0) is 28.6 Å². The molecule has 1 N–H and O–H groups in total. The van der Waals surface area contributed by atoms with Crippen molar-refractivity contribution in [2.75, 3.05) is 0 Å². The van der Waals surface area contributed by atoms with E-state index < -0.39 is 34.6 Å². The van der Waals surface area contributed by atoms with Gasteiger partial charge in [0.25, 0.3) is 0 Å². The van der Waals surface area contributed by atoms with Crippen molar-refractivity contribution in [3.8, 4) is 5.75 Å². The second-order valence-electron chi connectivity index (χ2n) is 6.52. The molecule has 2 rings (SSSR count). The predicted molar refractivity (Wildman–Crippen MR) is 97.2 cm³/mol. The Kier molecular flexibility index (Phi) is 8.80. The third-order valence-corrected chi connectivity index (χ3v) is 3.44. The van der Waals surface area contributed by atoms with Gasteiger partial charge in [0, 0.05) is 11.8 Å². The summed E-state index contributed by atoms with van der Waals surface area (Å²) < 4.78 is 51.5. The molecule has 146 valence electrons. The van der Waals surface area contributed by atoms with Crippen molar-refractivity contribution >= 4 is 30.5 Å². The van der Waals surface area contributed by atoms with E-state index >= 15 is 0 Å². The molecule has 0 saturated heterocycles. The molecule has 2 aromatic rings. The number of aromatic hydroxyl groups is 1. The van der Waals surface area contributed by atoms with Crippen LogP contribution in [0.5, 0.6) is 5.75 Å². The molecule has 0 atom stereocenters. The number of phenols is 1. The second kappa shape index (κ2) is 9.92. The molecule has 0 unspecified atom stereocenters. The summed E-state index contributed by atoms with van der Waals surface area (Å²) >= 11 is -0.556. The molecule has 0 fully saturated rings. The van der Waals surface area contributed by atoms with Crippen molar-refractivity contribution < 1.29 is 39.7 Å². The summed E-state index contributed by atoms with van der Waals surface area (Å²) in [5.41, 5.74) is -0.567. The fourth-order valence-electron chi connectivity index (χ4n) is 2.23. The Morgan fingerprint density at radius 2 is 1.67 bits per heavy atom. The first-order valence-electron chi connectivity index (χ1n) is 7.60. The van der Waals surface area contributed by atoms with E-state index in [4.69, 9.17) is 18.6 Å². The van der Waals surface area contributed by atoms with E-state index in [9.17, 15) is 22.7 Å². The summed E-state index contributed by atoms with van der Waals surface area (Å²) in [5, 5.41) is 10.3. The molecule has 27 heavy (non-hydrogen) atoms. The molecule has 0 amide bonds. The number of halogens is 6. The fourth-order valence-corrected chi connectivity index (χ4v) is 2.23. The Balaban J connectivity index is 0.00000114. The van der Waals surface area contributed by atoms with E-state index in [0.717, 1.165) is 12.1 Å². The van der Waals surface area contributed by atoms with E-state index in [0.29, 0.717) is 17.2 Å². The van der Waals surface area contributed by atoms with Crippen LogP contribution in [0.15, 0.2) is 41.4 Å². The average molecular weight is 458 g/mol. The van der Waals surface area contributed by atoms with Crippen LogP contribution in [0.4, 0.5) is 23.2 Å². The van der Waals surface area contributed by atoms with Gasteiger partial charge in [0.05, 0.1) is 11.3 Å². The van der Waals surface area contributed by atoms with Gasteiger partial charge in [-0.2, -0.15) is 13.2 Å². The van der Waals surface area contributed by atoms with Crippen LogP contribution >= 0.6 is 18.6 Å². The predicted octanol–water partition coefficient (Wildman–Crippen LogP) is 6.97. The maximum absolute atomic E-state index is 13.4. The van der Waals surface area contributed by atoms with Gasteiger partial charge in [0.15, 0.2) is 0 Å². The molecule has 0 aliphatic carbocycles. The van der Waals surface area contributed by atoms with E-state index in [1.54, 1.807) is 18.2 Å². The quantitative estimate of drug-likeness (QED) is 0.294. The number of benzene rings is 2. The van der Waals surface area contributed by atoms with Gasteiger partial charge in [0.2, 0.25) is 0 Å². The van der Waals surface area contributed by atoms with Crippen molar-refractivity contribution in [1.82, 2.24) is 0 Å². The van der Waals surface area contributed by atoms with Crippen molar-refractivity contribution in [3.63, 3.8) is 0 Å². The van der Waals surface area contributed by atoms with Gasteiger partial charge in [-0.25, -0.2) is 4.39 Å². The van der Waals surface area contributed by atoms with Crippen LogP contribution < -0.4 is 0 Å². The first-order chi connectivity index (χ1) is 12.4. The van der Waals surface area contributed by atoms with Crippen LogP contribution in [0.3, 0.4) is 0 Å². The second-order valence-corrected chi connectivity index (χ2v) is 9.10. The Labute approximate surface area is 171 Å². The van der Waals surface area contributed by atoms with Gasteiger partial charge in [0.1, 0.15) is 11.6 Å². The fraction of sp³-hybridized carbons (Fsp3) is 0.278. The topological polar surface area (TPSA) is 32.6 Å². The number of para-hydroxylation sites is 1. The molecule has 0 aliphatic heterocycles. The van der Waals surface area contributed by atoms with Crippen molar-refractivity contribution in [2.45, 2.75) is 32.4 Å². The Bertz CT molecular complexity index is 805. The third kappa shape index (κ3) is 7.45. The average Bonchev–Trinajstić information content (AvgIpc) is 2.52. The standard InChI is InChI=1S/C18H17F4NO.2ClH.Ti/c1-17(2,3)15-6-4-5-11(16(15)24)10-23-14-8-12(18(20,21)22)7-13(19)9-14;;;/h4-10,24H,1-3H3;2*1H;/q;;;+2/p-2. The number of aliphatic imine (C=N–C) groups is 1. The minimum absolute atomic E-state index is 0.00111. The summed E-state index contributed by atoms with van der Waals surface area (Å²) in [4.78, 5) is 3.87. The van der Waals surface area contributed by atoms with Crippen LogP contribution in [0, 0.1) is 5.82 Å². The van der Waals surface area contributed by atoms with Crippen LogP contribution in [0.1, 0.15) is 37.5 Å². The number of hydrogen-bond donors (Lipinski definition) is 1. The van der Waals surface area contributed by atoms with E-state index in [1.165, 1.54) is 6.21 Å². The van der Waals surface area contributed by atoms with Crippen molar-refractivity contribution in [1.29, 1.82) is 0 Å². The van der Waals surface area contributed by atoms with Gasteiger partial charge in [-0.1, -0.05) is 32.9 Å². The summed E-state index contributed by atoms with van der Waals surface area (Å²) in [6.45, 7) is 5.77.